The zero-order chi connectivity index (χ0) is 21.0. The number of imidazole rings is 1. The Hall–Kier alpha value is -2.30. The van der Waals surface area contributed by atoms with E-state index in [9.17, 15) is 4.79 Å². The molecule has 2 aromatic heterocycles. The Morgan fingerprint density at radius 2 is 1.71 bits per heavy atom. The van der Waals surface area contributed by atoms with Gasteiger partial charge in [-0.05, 0) is 27.7 Å². The maximum atomic E-state index is 12.9. The van der Waals surface area contributed by atoms with Gasteiger partial charge in [0.25, 0.3) is 5.91 Å². The molecule has 0 bridgehead atoms. The molecule has 3 heterocycles. The predicted octanol–water partition coefficient (Wildman–Crippen LogP) is 0.886. The van der Waals surface area contributed by atoms with Gasteiger partial charge in [0.2, 0.25) is 0 Å². The molecule has 4 unspecified atom stereocenters. The molecule has 0 radical (unpaired) electrons. The zero-order valence-electron chi connectivity index (χ0n) is 17.6. The molecule has 0 saturated carbocycles. The number of amides is 1. The van der Waals surface area contributed by atoms with Crippen molar-refractivity contribution in [2.75, 3.05) is 33.6 Å². The van der Waals surface area contributed by atoms with Crippen LogP contribution >= 0.6 is 0 Å². The van der Waals surface area contributed by atoms with Crippen LogP contribution in [0.3, 0.4) is 0 Å². The molecule has 1 amide bonds. The maximum absolute atomic E-state index is 12.9. The second kappa shape index (κ2) is 6.36. The molecule has 0 aliphatic carbocycles. The molecule has 1 aliphatic rings. The Morgan fingerprint density at radius 1 is 1.07 bits per heavy atom. The van der Waals surface area contributed by atoms with Crippen molar-refractivity contribution in [1.29, 1.82) is 0 Å². The summed E-state index contributed by atoms with van der Waals surface area (Å²) < 4.78 is 20.2. The summed E-state index contributed by atoms with van der Waals surface area (Å²) in [5.41, 5.74) is -3.63. The van der Waals surface area contributed by atoms with Crippen LogP contribution in [0.5, 0.6) is 0 Å². The minimum absolute atomic E-state index is 0.321. The van der Waals surface area contributed by atoms with Crippen molar-refractivity contribution in [1.82, 2.24) is 24.8 Å². The molecular formula is C18H28N6O4. The van der Waals surface area contributed by atoms with E-state index in [2.05, 4.69) is 25.6 Å². The van der Waals surface area contributed by atoms with E-state index in [4.69, 9.17) is 14.2 Å². The van der Waals surface area contributed by atoms with E-state index in [1.807, 2.05) is 20.8 Å². The van der Waals surface area contributed by atoms with Gasteiger partial charge in [-0.2, -0.15) is 0 Å². The third kappa shape index (κ3) is 2.13. The minimum atomic E-state index is -1.36. The summed E-state index contributed by atoms with van der Waals surface area (Å²) in [6.45, 7) is 7.20. The molecule has 1 aliphatic heterocycles. The number of nitrogens with one attached hydrogen (secondary N) is 2. The summed E-state index contributed by atoms with van der Waals surface area (Å²) in [7, 11) is 6.44. The number of hydrogen-bond acceptors (Lipinski definition) is 8. The number of nitrogens with zero attached hydrogens (tertiary/aromatic N) is 4. The normalized spacial score (nSPS) is 35.3. The monoisotopic (exact) mass is 392 g/mol. The van der Waals surface area contributed by atoms with Crippen LogP contribution in [0.4, 0.5) is 5.82 Å². The van der Waals surface area contributed by atoms with Gasteiger partial charge in [-0.15, -0.1) is 0 Å². The first-order valence-corrected chi connectivity index (χ1v) is 8.99. The van der Waals surface area contributed by atoms with Gasteiger partial charge in [-0.3, -0.25) is 9.36 Å². The van der Waals surface area contributed by atoms with E-state index in [0.717, 1.165) is 0 Å². The smallest absolute Gasteiger partial charge is 0.254 e. The lowest BCUT2D eigenvalue weighted by molar-refractivity contribution is -0.207. The van der Waals surface area contributed by atoms with Crippen molar-refractivity contribution in [3.05, 3.63) is 12.7 Å². The van der Waals surface area contributed by atoms with Gasteiger partial charge in [0.15, 0.2) is 28.3 Å². The number of methoxy groups -OCH3 is 2. The molecule has 4 atom stereocenters. The largest absolute Gasteiger partial charge is 0.372 e. The first kappa shape index (κ1) is 20.4. The Kier molecular flexibility index (Phi) is 4.64. The Labute approximate surface area is 164 Å². The molecule has 10 nitrogen and oxygen atoms in total. The Morgan fingerprint density at radius 3 is 2.25 bits per heavy atom. The minimum Gasteiger partial charge on any atom is -0.372 e. The fourth-order valence-corrected chi connectivity index (χ4v) is 4.37. The summed E-state index contributed by atoms with van der Waals surface area (Å²) in [4.78, 5) is 26.0. The lowest BCUT2D eigenvalue weighted by Gasteiger charge is -2.46. The second-order valence-electron chi connectivity index (χ2n) is 7.43. The van der Waals surface area contributed by atoms with Gasteiger partial charge in [0.05, 0.1) is 6.33 Å². The van der Waals surface area contributed by atoms with Crippen molar-refractivity contribution in [2.24, 2.45) is 0 Å². The van der Waals surface area contributed by atoms with Crippen molar-refractivity contribution in [3.63, 3.8) is 0 Å². The van der Waals surface area contributed by atoms with E-state index in [-0.39, 0.29) is 5.91 Å². The standard InChI is InChI=1S/C18H28N6O4/c1-15(14(25)20-6)16(2,26-7)17(3,27-8)18(4,28-15)24-10-23-11-12(19-5)21-9-22-13(11)24/h9-10H,1-8H3,(H,20,25)(H,19,21,22). The topological polar surface area (TPSA) is 112 Å². The summed E-state index contributed by atoms with van der Waals surface area (Å²) >= 11 is 0. The number of likely N-dealkylation sites (N-methyl/N-ethyl adjacent to an activating group) is 1. The van der Waals surface area contributed by atoms with Crippen LogP contribution in [0, 0.1) is 0 Å². The summed E-state index contributed by atoms with van der Waals surface area (Å²) in [6, 6.07) is 0. The number of carbonyl (C=O) groups is 1. The highest BCUT2D eigenvalue weighted by Crippen LogP contribution is 2.58. The molecule has 0 aromatic carbocycles. The molecule has 2 aromatic rings. The number of fused-ring (bicyclic) bond motifs is 1. The molecule has 1 saturated heterocycles. The highest BCUT2D eigenvalue weighted by Gasteiger charge is 2.77. The van der Waals surface area contributed by atoms with E-state index in [0.29, 0.717) is 17.0 Å². The van der Waals surface area contributed by atoms with Gasteiger partial charge >= 0.3 is 0 Å². The molecular weight excluding hydrogens is 364 g/mol. The van der Waals surface area contributed by atoms with Gasteiger partial charge in [0.1, 0.15) is 17.5 Å². The average Bonchev–Trinajstić information content (AvgIpc) is 3.20. The number of hydrogen-bond donors (Lipinski definition) is 2. The Balaban J connectivity index is 2.32. The lowest BCUT2D eigenvalue weighted by atomic mass is 9.72. The van der Waals surface area contributed by atoms with Gasteiger partial charge in [0, 0.05) is 28.3 Å². The fraction of sp³-hybridized carbons (Fsp3) is 0.667. The van der Waals surface area contributed by atoms with Crippen molar-refractivity contribution in [3.8, 4) is 0 Å². The van der Waals surface area contributed by atoms with Crippen LogP contribution in [0.15, 0.2) is 12.7 Å². The predicted molar refractivity (Wildman–Crippen MR) is 103 cm³/mol. The summed E-state index contributed by atoms with van der Waals surface area (Å²) in [6.07, 6.45) is 3.06. The number of rotatable bonds is 5. The molecule has 154 valence electrons. The summed E-state index contributed by atoms with van der Waals surface area (Å²) in [5, 5.41) is 5.68. The molecule has 2 N–H and O–H groups in total. The highest BCUT2D eigenvalue weighted by molar-refractivity contribution is 5.87. The highest BCUT2D eigenvalue weighted by atomic mass is 16.6. The second-order valence-corrected chi connectivity index (χ2v) is 7.43. The summed E-state index contributed by atoms with van der Waals surface area (Å²) in [5.74, 6) is 0.270. The van der Waals surface area contributed by atoms with Crippen LogP contribution in [-0.2, 0) is 24.7 Å². The first-order chi connectivity index (χ1) is 13.1. The van der Waals surface area contributed by atoms with Crippen LogP contribution in [0.2, 0.25) is 0 Å². The number of ether oxygens (including phenoxy) is 3. The SMILES string of the molecule is CNC(=O)C1(C)OC(C)(n2cnc3c(NC)ncnc32)C(C)(OC)C1(C)OC. The van der Waals surface area contributed by atoms with Crippen molar-refractivity contribution < 1.29 is 19.0 Å². The lowest BCUT2D eigenvalue weighted by Crippen LogP contribution is -2.67. The first-order valence-electron chi connectivity index (χ1n) is 8.99. The fourth-order valence-electron chi connectivity index (χ4n) is 4.37. The molecule has 10 heteroatoms. The van der Waals surface area contributed by atoms with E-state index < -0.39 is 22.5 Å². The molecule has 0 spiro atoms. The van der Waals surface area contributed by atoms with Crippen LogP contribution < -0.4 is 10.6 Å². The molecule has 3 rings (SSSR count). The van der Waals surface area contributed by atoms with E-state index >= 15 is 0 Å². The maximum Gasteiger partial charge on any atom is 0.254 e. The number of aromatic nitrogens is 4. The number of anilines is 1. The van der Waals surface area contributed by atoms with Crippen LogP contribution in [0.1, 0.15) is 27.7 Å². The van der Waals surface area contributed by atoms with Gasteiger partial charge < -0.3 is 24.8 Å². The van der Waals surface area contributed by atoms with E-state index in [1.54, 1.807) is 46.1 Å². The zero-order valence-corrected chi connectivity index (χ0v) is 17.6. The van der Waals surface area contributed by atoms with Crippen LogP contribution in [0.25, 0.3) is 11.2 Å². The quantitative estimate of drug-likeness (QED) is 0.771. The number of carbonyl (C=O) groups excluding carboxylic acids is 1. The van der Waals surface area contributed by atoms with Crippen molar-refractivity contribution in [2.45, 2.75) is 50.2 Å². The van der Waals surface area contributed by atoms with Crippen LogP contribution in [-0.4, -0.2) is 70.5 Å². The molecule has 28 heavy (non-hydrogen) atoms. The average molecular weight is 392 g/mol. The van der Waals surface area contributed by atoms with E-state index in [1.165, 1.54) is 6.33 Å². The van der Waals surface area contributed by atoms with Crippen molar-refractivity contribution >= 4 is 22.9 Å². The third-order valence-corrected chi connectivity index (χ3v) is 6.62. The third-order valence-electron chi connectivity index (χ3n) is 6.62. The Bertz CT molecular complexity index is 919. The van der Waals surface area contributed by atoms with Gasteiger partial charge in [-0.25, -0.2) is 15.0 Å². The molecule has 1 fully saturated rings. The van der Waals surface area contributed by atoms with Gasteiger partial charge in [-0.1, -0.05) is 0 Å².